The molecule has 4 rings (SSSR count). The summed E-state index contributed by atoms with van der Waals surface area (Å²) in [5, 5.41) is 0. The number of halogens is 3. The van der Waals surface area contributed by atoms with Crippen LogP contribution in [0.25, 0.3) is 11.2 Å². The fraction of sp³-hybridized carbons (Fsp3) is 0.609. The molecule has 0 bridgehead atoms. The van der Waals surface area contributed by atoms with E-state index in [2.05, 4.69) is 28.1 Å². The Kier molecular flexibility index (Phi) is 9.99. The first-order valence-corrected chi connectivity index (χ1v) is 11.4. The maximum atomic E-state index is 9.67. The Bertz CT molecular complexity index is 902. The molecule has 1 aliphatic heterocycles. The van der Waals surface area contributed by atoms with Gasteiger partial charge in [0.05, 0.1) is 11.7 Å². The molecule has 2 atom stereocenters. The maximum absolute atomic E-state index is 9.67. The number of imidazole rings is 1. The quantitative estimate of drug-likeness (QED) is 0.617. The van der Waals surface area contributed by atoms with Gasteiger partial charge in [0.15, 0.2) is 11.5 Å². The molecule has 2 unspecified atom stereocenters. The van der Waals surface area contributed by atoms with E-state index in [1.807, 2.05) is 32.5 Å². The lowest BCUT2D eigenvalue weighted by Gasteiger charge is -2.32. The highest BCUT2D eigenvalue weighted by atomic mass is 19.4. The summed E-state index contributed by atoms with van der Waals surface area (Å²) < 4.78 is 31.1. The molecule has 2 aromatic rings. The summed E-state index contributed by atoms with van der Waals surface area (Å²) in [7, 11) is 0. The van der Waals surface area contributed by atoms with Crippen LogP contribution in [0.4, 0.5) is 19.0 Å². The molecule has 0 spiro atoms. The lowest BCUT2D eigenvalue weighted by atomic mass is 10.1. The normalized spacial score (nSPS) is 20.8. The van der Waals surface area contributed by atoms with Gasteiger partial charge in [-0.1, -0.05) is 27.2 Å². The van der Waals surface area contributed by atoms with E-state index in [1.54, 1.807) is 6.20 Å². The molecule has 2 aliphatic rings. The SMILES string of the molecule is CC.CCC1CCC(N=C/C(=C\N)c2cn3c(C)cnc3c(N3CCC3)n2)C1.FC(F)F. The summed E-state index contributed by atoms with van der Waals surface area (Å²) in [6, 6.07) is 0.420. The van der Waals surface area contributed by atoms with Gasteiger partial charge >= 0.3 is 6.68 Å². The third kappa shape index (κ3) is 6.46. The Morgan fingerprint density at radius 3 is 2.50 bits per heavy atom. The number of fused-ring (bicyclic) bond motifs is 1. The highest BCUT2D eigenvalue weighted by molar-refractivity contribution is 6.09. The third-order valence-electron chi connectivity index (χ3n) is 5.81. The predicted molar refractivity (Wildman–Crippen MR) is 125 cm³/mol. The van der Waals surface area contributed by atoms with Gasteiger partial charge in [0.25, 0.3) is 0 Å². The molecule has 2 aromatic heterocycles. The van der Waals surface area contributed by atoms with Crippen molar-refractivity contribution in [3.8, 4) is 0 Å². The van der Waals surface area contributed by atoms with E-state index in [0.717, 1.165) is 47.4 Å². The van der Waals surface area contributed by atoms with Crippen molar-refractivity contribution in [2.75, 3.05) is 18.0 Å². The van der Waals surface area contributed by atoms with Crippen molar-refractivity contribution in [2.45, 2.75) is 72.5 Å². The van der Waals surface area contributed by atoms with E-state index < -0.39 is 6.68 Å². The fourth-order valence-electron chi connectivity index (χ4n) is 3.90. The van der Waals surface area contributed by atoms with Crippen LogP contribution in [0.3, 0.4) is 0 Å². The van der Waals surface area contributed by atoms with Gasteiger partial charge in [0, 0.05) is 49.2 Å². The first-order chi connectivity index (χ1) is 15.4. The molecule has 2 N–H and O–H groups in total. The monoisotopic (exact) mass is 452 g/mol. The van der Waals surface area contributed by atoms with Crippen LogP contribution in [0.1, 0.15) is 64.3 Å². The van der Waals surface area contributed by atoms with E-state index in [4.69, 9.17) is 15.7 Å². The van der Waals surface area contributed by atoms with E-state index in [1.165, 1.54) is 32.1 Å². The van der Waals surface area contributed by atoms with Gasteiger partial charge in [-0.15, -0.1) is 0 Å². The predicted octanol–water partition coefficient (Wildman–Crippen LogP) is 5.40. The molecule has 3 heterocycles. The van der Waals surface area contributed by atoms with Crippen LogP contribution in [-0.4, -0.2) is 46.4 Å². The molecular formula is C23H35F3N6. The second-order valence-corrected chi connectivity index (χ2v) is 7.77. The first kappa shape index (κ1) is 25.7. The molecule has 2 fully saturated rings. The van der Waals surface area contributed by atoms with Gasteiger partial charge in [0.1, 0.15) is 0 Å². The number of anilines is 1. The van der Waals surface area contributed by atoms with Crippen LogP contribution >= 0.6 is 0 Å². The smallest absolute Gasteiger partial charge is 0.379 e. The zero-order valence-corrected chi connectivity index (χ0v) is 19.4. The van der Waals surface area contributed by atoms with Crippen molar-refractivity contribution >= 4 is 23.3 Å². The largest absolute Gasteiger partial charge is 0.404 e. The Balaban J connectivity index is 0.000000547. The number of nitrogens with zero attached hydrogens (tertiary/aromatic N) is 5. The first-order valence-electron chi connectivity index (χ1n) is 11.4. The number of alkyl halides is 3. The van der Waals surface area contributed by atoms with Crippen LogP contribution in [0.2, 0.25) is 0 Å². The number of aryl methyl sites for hydroxylation is 1. The molecular weight excluding hydrogens is 417 g/mol. The standard InChI is InChI=1S/C20H28N6.C2H6.CHF3/c1-3-15-5-6-17(9-15)22-12-16(10-21)18-13-26-14(2)11-23-19(26)20(24-18)25-7-4-8-25;1-2;2-1(3)4/h10-13,15,17H,3-9,21H2,1-2H3;1-2H3;1H/b16-10+,22-12?;;. The molecule has 1 aliphatic carbocycles. The highest BCUT2D eigenvalue weighted by Gasteiger charge is 2.23. The minimum Gasteiger partial charge on any atom is -0.404 e. The van der Waals surface area contributed by atoms with Crippen molar-refractivity contribution in [1.29, 1.82) is 0 Å². The second kappa shape index (κ2) is 12.5. The van der Waals surface area contributed by atoms with Crippen LogP contribution in [-0.2, 0) is 0 Å². The van der Waals surface area contributed by atoms with E-state index in [-0.39, 0.29) is 0 Å². The highest BCUT2D eigenvalue weighted by Crippen LogP contribution is 2.30. The van der Waals surface area contributed by atoms with Crippen molar-refractivity contribution in [3.05, 3.63) is 30.0 Å². The van der Waals surface area contributed by atoms with Gasteiger partial charge in [-0.05, 0) is 38.5 Å². The van der Waals surface area contributed by atoms with E-state index >= 15 is 0 Å². The van der Waals surface area contributed by atoms with Gasteiger partial charge in [0.2, 0.25) is 0 Å². The van der Waals surface area contributed by atoms with Crippen molar-refractivity contribution in [3.63, 3.8) is 0 Å². The number of aliphatic imine (C=N–C) groups is 1. The number of allylic oxidation sites excluding steroid dienone is 1. The summed E-state index contributed by atoms with van der Waals surface area (Å²) in [6.45, 7) is 6.74. The fourth-order valence-corrected chi connectivity index (χ4v) is 3.90. The molecule has 178 valence electrons. The van der Waals surface area contributed by atoms with Gasteiger partial charge in [-0.3, -0.25) is 9.39 Å². The summed E-state index contributed by atoms with van der Waals surface area (Å²) in [5.41, 5.74) is 9.69. The number of hydrogen-bond acceptors (Lipinski definition) is 5. The Hall–Kier alpha value is -2.58. The van der Waals surface area contributed by atoms with Gasteiger partial charge < -0.3 is 10.6 Å². The molecule has 9 heteroatoms. The molecule has 6 nitrogen and oxygen atoms in total. The third-order valence-corrected chi connectivity index (χ3v) is 5.81. The van der Waals surface area contributed by atoms with Gasteiger partial charge in [-0.25, -0.2) is 9.97 Å². The van der Waals surface area contributed by atoms with E-state index in [0.29, 0.717) is 6.04 Å². The lowest BCUT2D eigenvalue weighted by Crippen LogP contribution is -2.38. The van der Waals surface area contributed by atoms with Crippen molar-refractivity contribution in [1.82, 2.24) is 14.4 Å². The number of nitrogens with two attached hydrogens (primary N) is 1. The van der Waals surface area contributed by atoms with Crippen molar-refractivity contribution < 1.29 is 13.2 Å². The summed E-state index contributed by atoms with van der Waals surface area (Å²) in [5.74, 6) is 1.77. The maximum Gasteiger partial charge on any atom is 0.379 e. The number of rotatable bonds is 5. The van der Waals surface area contributed by atoms with Crippen LogP contribution in [0.15, 0.2) is 23.6 Å². The molecule has 1 saturated carbocycles. The molecule has 0 aromatic carbocycles. The molecule has 0 radical (unpaired) electrons. The number of aromatic nitrogens is 3. The topological polar surface area (TPSA) is 71.8 Å². The number of hydrogen-bond donors (Lipinski definition) is 1. The van der Waals surface area contributed by atoms with Gasteiger partial charge in [-0.2, -0.15) is 13.2 Å². The average molecular weight is 453 g/mol. The van der Waals surface area contributed by atoms with Crippen LogP contribution in [0, 0.1) is 12.8 Å². The van der Waals surface area contributed by atoms with Crippen LogP contribution < -0.4 is 10.6 Å². The minimum absolute atomic E-state index is 0.420. The molecule has 32 heavy (non-hydrogen) atoms. The summed E-state index contributed by atoms with van der Waals surface area (Å²) >= 11 is 0. The second-order valence-electron chi connectivity index (χ2n) is 7.77. The zero-order valence-electron chi connectivity index (χ0n) is 19.4. The lowest BCUT2D eigenvalue weighted by molar-refractivity contribution is 0.00819. The summed E-state index contributed by atoms with van der Waals surface area (Å²) in [4.78, 5) is 16.5. The minimum atomic E-state index is -3.67. The Labute approximate surface area is 188 Å². The van der Waals surface area contributed by atoms with E-state index in [9.17, 15) is 13.2 Å². The Morgan fingerprint density at radius 2 is 1.97 bits per heavy atom. The summed E-state index contributed by atoms with van der Waals surface area (Å²) in [6.07, 6.45) is 13.6. The van der Waals surface area contributed by atoms with Crippen LogP contribution in [0.5, 0.6) is 0 Å². The zero-order chi connectivity index (χ0) is 23.7. The Morgan fingerprint density at radius 1 is 1.28 bits per heavy atom. The van der Waals surface area contributed by atoms with Crippen molar-refractivity contribution in [2.24, 2.45) is 16.6 Å². The molecule has 0 amide bonds. The average Bonchev–Trinajstić information content (AvgIpc) is 3.35. The molecule has 1 saturated heterocycles.